The van der Waals surface area contributed by atoms with Gasteiger partial charge in [0.15, 0.2) is 0 Å². The number of rotatable bonds is 6. The zero-order valence-corrected chi connectivity index (χ0v) is 6.25. The van der Waals surface area contributed by atoms with Gasteiger partial charge in [-0.3, -0.25) is 4.90 Å². The smallest absolute Gasteiger partial charge is 0.0949 e. The highest BCUT2D eigenvalue weighted by Gasteiger charge is 1.99. The Morgan fingerprint density at radius 1 is 1.00 bits per heavy atom. The van der Waals surface area contributed by atoms with Crippen molar-refractivity contribution in [1.82, 2.24) is 4.90 Å². The lowest BCUT2D eigenvalue weighted by Crippen LogP contribution is -2.35. The summed E-state index contributed by atoms with van der Waals surface area (Å²) < 4.78 is 0. The van der Waals surface area contributed by atoms with Gasteiger partial charge in [0.1, 0.15) is 0 Å². The molecule has 0 rings (SSSR count). The molecule has 0 unspecified atom stereocenters. The molecule has 0 bridgehead atoms. The Morgan fingerprint density at radius 2 is 1.50 bits per heavy atom. The lowest BCUT2D eigenvalue weighted by atomic mass is 10.4. The van der Waals surface area contributed by atoms with E-state index in [9.17, 15) is 5.11 Å². The standard InChI is InChI=1S/C6H16N3O/c7-1-3-9(4-2-8)5-6-10/h1-8H2. The van der Waals surface area contributed by atoms with Gasteiger partial charge in [0.05, 0.1) is 6.61 Å². The van der Waals surface area contributed by atoms with Crippen LogP contribution in [0.15, 0.2) is 0 Å². The topological polar surface area (TPSA) is 75.2 Å². The van der Waals surface area contributed by atoms with Crippen LogP contribution in [0.5, 0.6) is 0 Å². The summed E-state index contributed by atoms with van der Waals surface area (Å²) in [6.07, 6.45) is 0. The number of hydrogen-bond donors (Lipinski definition) is 2. The van der Waals surface area contributed by atoms with E-state index in [1.807, 2.05) is 4.90 Å². The van der Waals surface area contributed by atoms with Crippen molar-refractivity contribution in [3.8, 4) is 0 Å². The molecule has 0 aromatic rings. The van der Waals surface area contributed by atoms with E-state index in [1.54, 1.807) is 0 Å². The average Bonchev–Trinajstić information content (AvgIpc) is 1.90. The fraction of sp³-hybridized carbons (Fsp3) is 1.00. The molecule has 0 heterocycles. The summed E-state index contributed by atoms with van der Waals surface area (Å²) >= 11 is 0. The number of nitrogens with zero attached hydrogens (tertiary/aromatic N) is 1. The molecule has 4 N–H and O–H groups in total. The second-order valence-electron chi connectivity index (χ2n) is 2.12. The monoisotopic (exact) mass is 146 g/mol. The van der Waals surface area contributed by atoms with Crippen LogP contribution in [-0.4, -0.2) is 44.2 Å². The van der Waals surface area contributed by atoms with Crippen LogP contribution in [0.1, 0.15) is 0 Å². The zero-order valence-electron chi connectivity index (χ0n) is 6.25. The average molecular weight is 146 g/mol. The van der Waals surface area contributed by atoms with E-state index in [0.29, 0.717) is 19.6 Å². The SMILES string of the molecule is NCCN(CCN)CC[O]. The van der Waals surface area contributed by atoms with Gasteiger partial charge in [-0.1, -0.05) is 0 Å². The Balaban J connectivity index is 3.30. The van der Waals surface area contributed by atoms with Gasteiger partial charge in [-0.25, -0.2) is 5.11 Å². The molecule has 0 aromatic carbocycles. The predicted octanol–water partition coefficient (Wildman–Crippen LogP) is -1.36. The molecular weight excluding hydrogens is 130 g/mol. The van der Waals surface area contributed by atoms with Crippen molar-refractivity contribution in [2.45, 2.75) is 0 Å². The van der Waals surface area contributed by atoms with Gasteiger partial charge in [0, 0.05) is 32.7 Å². The van der Waals surface area contributed by atoms with Crippen LogP contribution >= 0.6 is 0 Å². The maximum absolute atomic E-state index is 10.2. The van der Waals surface area contributed by atoms with Crippen molar-refractivity contribution in [2.75, 3.05) is 39.3 Å². The van der Waals surface area contributed by atoms with Crippen molar-refractivity contribution in [3.63, 3.8) is 0 Å². The van der Waals surface area contributed by atoms with Gasteiger partial charge in [0.25, 0.3) is 0 Å². The normalized spacial score (nSPS) is 10.8. The number of hydrogen-bond acceptors (Lipinski definition) is 3. The molecule has 0 saturated carbocycles. The predicted molar refractivity (Wildman–Crippen MR) is 40.1 cm³/mol. The van der Waals surface area contributed by atoms with E-state index in [1.165, 1.54) is 0 Å². The van der Waals surface area contributed by atoms with Crippen molar-refractivity contribution in [1.29, 1.82) is 0 Å². The minimum atomic E-state index is -0.0694. The van der Waals surface area contributed by atoms with Crippen LogP contribution in [0.4, 0.5) is 0 Å². The molecule has 0 saturated heterocycles. The second kappa shape index (κ2) is 6.95. The third kappa shape index (κ3) is 4.69. The Bertz CT molecular complexity index is 55.7. The highest BCUT2D eigenvalue weighted by Crippen LogP contribution is 1.82. The summed E-state index contributed by atoms with van der Waals surface area (Å²) in [7, 11) is 0. The van der Waals surface area contributed by atoms with Gasteiger partial charge in [0.2, 0.25) is 0 Å². The Morgan fingerprint density at radius 3 is 1.80 bits per heavy atom. The first-order valence-electron chi connectivity index (χ1n) is 3.55. The molecule has 0 aliphatic heterocycles. The highest BCUT2D eigenvalue weighted by atomic mass is 16.3. The highest BCUT2D eigenvalue weighted by molar-refractivity contribution is 4.56. The Kier molecular flexibility index (Phi) is 6.84. The summed E-state index contributed by atoms with van der Waals surface area (Å²) in [4.78, 5) is 1.98. The molecule has 10 heavy (non-hydrogen) atoms. The lowest BCUT2D eigenvalue weighted by molar-refractivity contribution is 0.144. The van der Waals surface area contributed by atoms with Gasteiger partial charge in [-0.15, -0.1) is 0 Å². The van der Waals surface area contributed by atoms with Crippen LogP contribution in [0.2, 0.25) is 0 Å². The Labute approximate surface area is 61.8 Å². The fourth-order valence-electron chi connectivity index (χ4n) is 0.830. The molecule has 0 aromatic heterocycles. The molecule has 0 fully saturated rings. The van der Waals surface area contributed by atoms with Crippen LogP contribution in [0.3, 0.4) is 0 Å². The van der Waals surface area contributed by atoms with Gasteiger partial charge in [-0.05, 0) is 0 Å². The molecule has 0 aliphatic rings. The van der Waals surface area contributed by atoms with Crippen LogP contribution in [0.25, 0.3) is 0 Å². The Hall–Kier alpha value is -0.160. The molecule has 0 amide bonds. The maximum Gasteiger partial charge on any atom is 0.0949 e. The van der Waals surface area contributed by atoms with Gasteiger partial charge >= 0.3 is 0 Å². The van der Waals surface area contributed by atoms with Crippen LogP contribution in [0, 0.1) is 0 Å². The van der Waals surface area contributed by atoms with Crippen LogP contribution in [-0.2, 0) is 5.11 Å². The zero-order chi connectivity index (χ0) is 7.82. The third-order valence-electron chi connectivity index (χ3n) is 1.30. The lowest BCUT2D eigenvalue weighted by Gasteiger charge is -2.18. The summed E-state index contributed by atoms with van der Waals surface area (Å²) in [6, 6.07) is 0. The second-order valence-corrected chi connectivity index (χ2v) is 2.12. The molecular formula is C6H16N3O. The molecule has 0 atom stereocenters. The number of nitrogens with two attached hydrogens (primary N) is 2. The molecule has 61 valence electrons. The first kappa shape index (κ1) is 9.84. The fourth-order valence-corrected chi connectivity index (χ4v) is 0.830. The molecule has 0 aliphatic carbocycles. The summed E-state index contributed by atoms with van der Waals surface area (Å²) in [5.74, 6) is 0. The molecule has 0 spiro atoms. The van der Waals surface area contributed by atoms with Gasteiger partial charge in [-0.2, -0.15) is 0 Å². The van der Waals surface area contributed by atoms with Crippen molar-refractivity contribution >= 4 is 0 Å². The molecule has 4 heteroatoms. The maximum atomic E-state index is 10.2. The van der Waals surface area contributed by atoms with E-state index in [-0.39, 0.29) is 6.61 Å². The van der Waals surface area contributed by atoms with Crippen molar-refractivity contribution in [2.24, 2.45) is 11.5 Å². The molecule has 1 radical (unpaired) electrons. The van der Waals surface area contributed by atoms with Crippen LogP contribution < -0.4 is 11.5 Å². The first-order valence-corrected chi connectivity index (χ1v) is 3.55. The van der Waals surface area contributed by atoms with Crippen molar-refractivity contribution < 1.29 is 5.11 Å². The largest absolute Gasteiger partial charge is 0.329 e. The van der Waals surface area contributed by atoms with E-state index < -0.39 is 0 Å². The molecule has 4 nitrogen and oxygen atoms in total. The van der Waals surface area contributed by atoms with E-state index in [4.69, 9.17) is 11.5 Å². The summed E-state index contributed by atoms with van der Waals surface area (Å²) in [6.45, 7) is 3.24. The first-order chi connectivity index (χ1) is 4.85. The summed E-state index contributed by atoms with van der Waals surface area (Å²) in [5, 5.41) is 10.2. The third-order valence-corrected chi connectivity index (χ3v) is 1.30. The quantitative estimate of drug-likeness (QED) is 0.486. The van der Waals surface area contributed by atoms with E-state index in [2.05, 4.69) is 0 Å². The minimum absolute atomic E-state index is 0.0694. The van der Waals surface area contributed by atoms with Crippen molar-refractivity contribution in [3.05, 3.63) is 0 Å². The minimum Gasteiger partial charge on any atom is -0.329 e. The summed E-state index contributed by atoms with van der Waals surface area (Å²) in [5.41, 5.74) is 10.6. The van der Waals surface area contributed by atoms with E-state index in [0.717, 1.165) is 13.1 Å². The van der Waals surface area contributed by atoms with Gasteiger partial charge < -0.3 is 11.5 Å². The van der Waals surface area contributed by atoms with E-state index >= 15 is 0 Å².